The molecule has 1 aromatic carbocycles. The zero-order valence-electron chi connectivity index (χ0n) is 11.0. The van der Waals surface area contributed by atoms with Crippen LogP contribution in [-0.4, -0.2) is 26.2 Å². The Balaban J connectivity index is 2.05. The van der Waals surface area contributed by atoms with E-state index in [1.165, 1.54) is 29.7 Å². The van der Waals surface area contributed by atoms with Gasteiger partial charge in [0.1, 0.15) is 5.75 Å². The van der Waals surface area contributed by atoms with Crippen molar-refractivity contribution in [3.8, 4) is 5.75 Å². The molecule has 1 aliphatic heterocycles. The van der Waals surface area contributed by atoms with E-state index in [9.17, 15) is 0 Å². The smallest absolute Gasteiger partial charge is 0.126 e. The van der Waals surface area contributed by atoms with Crippen molar-refractivity contribution in [1.82, 2.24) is 5.32 Å². The first-order valence-electron chi connectivity index (χ1n) is 6.34. The van der Waals surface area contributed by atoms with Crippen molar-refractivity contribution in [2.75, 3.05) is 25.5 Å². The van der Waals surface area contributed by atoms with Crippen LogP contribution in [0.25, 0.3) is 0 Å². The maximum Gasteiger partial charge on any atom is 0.126 e. The number of nitrogens with one attached hydrogen (secondary N) is 2. The number of anilines is 1. The van der Waals surface area contributed by atoms with Crippen molar-refractivity contribution in [2.45, 2.75) is 32.7 Å². The molecular weight excluding hydrogens is 212 g/mol. The van der Waals surface area contributed by atoms with Gasteiger partial charge in [-0.25, -0.2) is 0 Å². The van der Waals surface area contributed by atoms with Crippen LogP contribution in [0.2, 0.25) is 0 Å². The fourth-order valence-corrected chi connectivity index (χ4v) is 2.50. The quantitative estimate of drug-likeness (QED) is 0.839. The highest BCUT2D eigenvalue weighted by atomic mass is 16.5. The van der Waals surface area contributed by atoms with Crippen LogP contribution >= 0.6 is 0 Å². The van der Waals surface area contributed by atoms with E-state index in [-0.39, 0.29) is 0 Å². The highest BCUT2D eigenvalue weighted by Crippen LogP contribution is 2.29. The van der Waals surface area contributed by atoms with Crippen molar-refractivity contribution in [3.05, 3.63) is 23.3 Å². The first-order chi connectivity index (χ1) is 8.22. The van der Waals surface area contributed by atoms with Gasteiger partial charge in [0.25, 0.3) is 0 Å². The second kappa shape index (κ2) is 5.41. The summed E-state index contributed by atoms with van der Waals surface area (Å²) in [5, 5.41) is 7.01. The minimum Gasteiger partial charge on any atom is -0.496 e. The van der Waals surface area contributed by atoms with E-state index in [0.29, 0.717) is 6.04 Å². The van der Waals surface area contributed by atoms with Crippen LogP contribution in [0.4, 0.5) is 5.69 Å². The summed E-state index contributed by atoms with van der Waals surface area (Å²) in [7, 11) is 1.73. The summed E-state index contributed by atoms with van der Waals surface area (Å²) in [6.45, 7) is 6.33. The maximum absolute atomic E-state index is 5.43. The molecule has 1 aliphatic rings. The van der Waals surface area contributed by atoms with Gasteiger partial charge in [-0.15, -0.1) is 0 Å². The highest BCUT2D eigenvalue weighted by Gasteiger charge is 2.14. The monoisotopic (exact) mass is 234 g/mol. The number of methoxy groups -OCH3 is 1. The van der Waals surface area contributed by atoms with E-state index >= 15 is 0 Å². The lowest BCUT2D eigenvalue weighted by atomic mass is 10.1. The molecule has 0 radical (unpaired) electrons. The summed E-state index contributed by atoms with van der Waals surface area (Å²) in [5.41, 5.74) is 3.57. The minimum atomic E-state index is 0.613. The van der Waals surface area contributed by atoms with Gasteiger partial charge in [-0.3, -0.25) is 0 Å². The molecule has 94 valence electrons. The molecule has 1 unspecified atom stereocenters. The predicted octanol–water partition coefficient (Wildman–Crippen LogP) is 2.48. The molecule has 0 aliphatic carbocycles. The van der Waals surface area contributed by atoms with E-state index in [4.69, 9.17) is 4.74 Å². The maximum atomic E-state index is 5.43. The SMILES string of the molecule is COc1c(C)ccc(NCC2CCCN2)c1C. The Bertz CT molecular complexity index is 384. The third-order valence-corrected chi connectivity index (χ3v) is 3.51. The molecule has 17 heavy (non-hydrogen) atoms. The Labute approximate surface area is 104 Å². The predicted molar refractivity (Wildman–Crippen MR) is 72.0 cm³/mol. The Hall–Kier alpha value is -1.22. The van der Waals surface area contributed by atoms with Crippen LogP contribution in [0.3, 0.4) is 0 Å². The molecular formula is C14H22N2O. The van der Waals surface area contributed by atoms with Gasteiger partial charge in [-0.2, -0.15) is 0 Å². The standard InChI is InChI=1S/C14H22N2O/c1-10-6-7-13(11(2)14(10)17-3)16-9-12-5-4-8-15-12/h6-7,12,15-16H,4-5,8-9H2,1-3H3. The van der Waals surface area contributed by atoms with E-state index in [1.807, 2.05) is 0 Å². The van der Waals surface area contributed by atoms with Crippen molar-refractivity contribution in [1.29, 1.82) is 0 Å². The molecule has 0 spiro atoms. The second-order valence-corrected chi connectivity index (χ2v) is 4.76. The largest absolute Gasteiger partial charge is 0.496 e. The molecule has 0 saturated carbocycles. The average molecular weight is 234 g/mol. The van der Waals surface area contributed by atoms with Crippen molar-refractivity contribution < 1.29 is 4.74 Å². The Morgan fingerprint density at radius 2 is 2.24 bits per heavy atom. The van der Waals surface area contributed by atoms with Crippen LogP contribution in [0.15, 0.2) is 12.1 Å². The molecule has 1 fully saturated rings. The molecule has 3 nitrogen and oxygen atoms in total. The van der Waals surface area contributed by atoms with Crippen LogP contribution < -0.4 is 15.4 Å². The third-order valence-electron chi connectivity index (χ3n) is 3.51. The fourth-order valence-electron chi connectivity index (χ4n) is 2.50. The van der Waals surface area contributed by atoms with Gasteiger partial charge in [0.05, 0.1) is 7.11 Å². The molecule has 0 bridgehead atoms. The van der Waals surface area contributed by atoms with Crippen molar-refractivity contribution in [2.24, 2.45) is 0 Å². The lowest BCUT2D eigenvalue weighted by Gasteiger charge is -2.17. The molecule has 1 saturated heterocycles. The van der Waals surface area contributed by atoms with Crippen LogP contribution in [0.5, 0.6) is 5.75 Å². The minimum absolute atomic E-state index is 0.613. The van der Waals surface area contributed by atoms with E-state index in [0.717, 1.165) is 18.8 Å². The van der Waals surface area contributed by atoms with Crippen molar-refractivity contribution >= 4 is 5.69 Å². The van der Waals surface area contributed by atoms with Gasteiger partial charge in [0.2, 0.25) is 0 Å². The van der Waals surface area contributed by atoms with Crippen LogP contribution in [0, 0.1) is 13.8 Å². The first kappa shape index (κ1) is 12.2. The summed E-state index contributed by atoms with van der Waals surface area (Å²) >= 11 is 0. The molecule has 1 aromatic rings. The molecule has 1 atom stereocenters. The fraction of sp³-hybridized carbons (Fsp3) is 0.571. The molecule has 2 rings (SSSR count). The van der Waals surface area contributed by atoms with Gasteiger partial charge in [-0.1, -0.05) is 6.07 Å². The number of rotatable bonds is 4. The number of hydrogen-bond acceptors (Lipinski definition) is 3. The van der Waals surface area contributed by atoms with Gasteiger partial charge in [-0.05, 0) is 44.9 Å². The van der Waals surface area contributed by atoms with Gasteiger partial charge >= 0.3 is 0 Å². The number of ether oxygens (including phenoxy) is 1. The number of benzene rings is 1. The summed E-state index contributed by atoms with van der Waals surface area (Å²) in [4.78, 5) is 0. The van der Waals surface area contributed by atoms with Crippen LogP contribution in [-0.2, 0) is 0 Å². The zero-order chi connectivity index (χ0) is 12.3. The van der Waals surface area contributed by atoms with E-state index in [2.05, 4.69) is 36.6 Å². The van der Waals surface area contributed by atoms with Crippen LogP contribution in [0.1, 0.15) is 24.0 Å². The molecule has 0 aromatic heterocycles. The van der Waals surface area contributed by atoms with E-state index < -0.39 is 0 Å². The first-order valence-corrected chi connectivity index (χ1v) is 6.34. The van der Waals surface area contributed by atoms with Gasteiger partial charge < -0.3 is 15.4 Å². The second-order valence-electron chi connectivity index (χ2n) is 4.76. The lowest BCUT2D eigenvalue weighted by molar-refractivity contribution is 0.409. The molecule has 3 heteroatoms. The summed E-state index contributed by atoms with van der Waals surface area (Å²) in [6, 6.07) is 4.86. The lowest BCUT2D eigenvalue weighted by Crippen LogP contribution is -2.29. The summed E-state index contributed by atoms with van der Waals surface area (Å²) in [5.74, 6) is 0.995. The Morgan fingerprint density at radius 1 is 1.41 bits per heavy atom. The summed E-state index contributed by atoms with van der Waals surface area (Å²) in [6.07, 6.45) is 2.57. The Morgan fingerprint density at radius 3 is 2.88 bits per heavy atom. The topological polar surface area (TPSA) is 33.3 Å². The van der Waals surface area contributed by atoms with Crippen molar-refractivity contribution in [3.63, 3.8) is 0 Å². The van der Waals surface area contributed by atoms with Gasteiger partial charge in [0, 0.05) is 23.8 Å². The zero-order valence-corrected chi connectivity index (χ0v) is 11.0. The van der Waals surface area contributed by atoms with E-state index in [1.54, 1.807) is 7.11 Å². The Kier molecular flexibility index (Phi) is 3.89. The normalized spacial score (nSPS) is 19.4. The molecule has 1 heterocycles. The molecule has 2 N–H and O–H groups in total. The van der Waals surface area contributed by atoms with Gasteiger partial charge in [0.15, 0.2) is 0 Å². The summed E-state index contributed by atoms with van der Waals surface area (Å²) < 4.78 is 5.43. The third kappa shape index (κ3) is 2.72. The number of aryl methyl sites for hydroxylation is 1. The molecule has 0 amide bonds. The number of hydrogen-bond donors (Lipinski definition) is 2. The highest BCUT2D eigenvalue weighted by molar-refractivity contribution is 5.59. The average Bonchev–Trinajstić information content (AvgIpc) is 2.82.